The molecule has 382 valence electrons. The highest BCUT2D eigenvalue weighted by molar-refractivity contribution is 5.71. The lowest BCUT2D eigenvalue weighted by molar-refractivity contribution is -0.167. The van der Waals surface area contributed by atoms with Crippen LogP contribution in [-0.2, 0) is 28.6 Å². The molecule has 0 aliphatic heterocycles. The maximum Gasteiger partial charge on any atom is 0.306 e. The number of carbonyl (C=O) groups excluding carboxylic acids is 3. The molecule has 68 heavy (non-hydrogen) atoms. The van der Waals surface area contributed by atoms with Crippen LogP contribution in [0.15, 0.2) is 134 Å². The SMILES string of the molecule is CC/C=C/C=C/C=C/C=C/CCCCCC(=O)OCC(COC(=O)CCCCCCCCCCC/C=C/C/C=C/C/C=C/CC)OC(=O)CCCCCCC/C=C/C=C/C=C/C=C/CCCCC. The quantitative estimate of drug-likeness (QED) is 0.0199. The zero-order chi connectivity index (χ0) is 49.3. The third kappa shape index (κ3) is 52.5. The maximum atomic E-state index is 12.8. The second kappa shape index (κ2) is 55.1. The van der Waals surface area contributed by atoms with Crippen molar-refractivity contribution in [2.45, 2.75) is 226 Å². The highest BCUT2D eigenvalue weighted by Gasteiger charge is 2.19. The molecular formula is C62H98O6. The Morgan fingerprint density at radius 1 is 0.324 bits per heavy atom. The fourth-order valence-corrected chi connectivity index (χ4v) is 7.01. The molecule has 0 rings (SSSR count). The normalized spacial score (nSPS) is 13.2. The minimum atomic E-state index is -0.814. The average molecular weight is 939 g/mol. The third-order valence-corrected chi connectivity index (χ3v) is 11.1. The molecule has 0 aromatic carbocycles. The van der Waals surface area contributed by atoms with E-state index in [4.69, 9.17) is 14.2 Å². The molecule has 6 heteroatoms. The van der Waals surface area contributed by atoms with Gasteiger partial charge in [0.1, 0.15) is 13.2 Å². The van der Waals surface area contributed by atoms with E-state index in [0.717, 1.165) is 122 Å². The number of carbonyl (C=O) groups is 3. The number of hydrogen-bond donors (Lipinski definition) is 0. The predicted octanol–water partition coefficient (Wildman–Crippen LogP) is 18.3. The summed E-state index contributed by atoms with van der Waals surface area (Å²) >= 11 is 0. The van der Waals surface area contributed by atoms with Crippen LogP contribution < -0.4 is 0 Å². The van der Waals surface area contributed by atoms with Gasteiger partial charge in [-0.2, -0.15) is 0 Å². The summed E-state index contributed by atoms with van der Waals surface area (Å²) in [6, 6.07) is 0. The molecule has 0 heterocycles. The van der Waals surface area contributed by atoms with Crippen molar-refractivity contribution in [3.8, 4) is 0 Å². The molecular weight excluding hydrogens is 841 g/mol. The van der Waals surface area contributed by atoms with Crippen LogP contribution in [0.1, 0.15) is 220 Å². The minimum absolute atomic E-state index is 0.108. The second-order valence-corrected chi connectivity index (χ2v) is 17.6. The molecule has 0 radical (unpaired) electrons. The van der Waals surface area contributed by atoms with Crippen LogP contribution >= 0.6 is 0 Å². The Kier molecular flexibility index (Phi) is 51.5. The van der Waals surface area contributed by atoms with Crippen LogP contribution in [0.3, 0.4) is 0 Å². The summed E-state index contributed by atoms with van der Waals surface area (Å²) in [6.07, 6.45) is 77.2. The molecule has 0 fully saturated rings. The van der Waals surface area contributed by atoms with E-state index in [2.05, 4.69) is 118 Å². The number of allylic oxidation sites excluding steroid dienone is 22. The van der Waals surface area contributed by atoms with Gasteiger partial charge in [-0.1, -0.05) is 238 Å². The lowest BCUT2D eigenvalue weighted by Gasteiger charge is -2.18. The van der Waals surface area contributed by atoms with Crippen LogP contribution in [0.2, 0.25) is 0 Å². The van der Waals surface area contributed by atoms with Gasteiger partial charge in [0.2, 0.25) is 0 Å². The van der Waals surface area contributed by atoms with Crippen molar-refractivity contribution in [1.29, 1.82) is 0 Å². The molecule has 0 saturated heterocycles. The van der Waals surface area contributed by atoms with E-state index in [0.29, 0.717) is 12.8 Å². The Bertz CT molecular complexity index is 1500. The van der Waals surface area contributed by atoms with E-state index < -0.39 is 6.10 Å². The van der Waals surface area contributed by atoms with E-state index in [1.165, 1.54) is 57.8 Å². The third-order valence-electron chi connectivity index (χ3n) is 11.1. The molecule has 0 saturated carbocycles. The molecule has 0 N–H and O–H groups in total. The van der Waals surface area contributed by atoms with Crippen LogP contribution in [-0.4, -0.2) is 37.2 Å². The Labute approximate surface area is 417 Å². The van der Waals surface area contributed by atoms with Crippen molar-refractivity contribution in [1.82, 2.24) is 0 Å². The van der Waals surface area contributed by atoms with Crippen molar-refractivity contribution in [2.24, 2.45) is 0 Å². The minimum Gasteiger partial charge on any atom is -0.462 e. The molecule has 1 unspecified atom stereocenters. The van der Waals surface area contributed by atoms with Gasteiger partial charge in [0.05, 0.1) is 0 Å². The second-order valence-electron chi connectivity index (χ2n) is 17.6. The van der Waals surface area contributed by atoms with Gasteiger partial charge in [0.15, 0.2) is 6.10 Å². The van der Waals surface area contributed by atoms with Gasteiger partial charge in [0, 0.05) is 19.3 Å². The fraction of sp³-hybridized carbons (Fsp3) is 0.597. The molecule has 0 aliphatic carbocycles. The molecule has 1 atom stereocenters. The van der Waals surface area contributed by atoms with Crippen LogP contribution in [0.25, 0.3) is 0 Å². The fourth-order valence-electron chi connectivity index (χ4n) is 7.01. The van der Waals surface area contributed by atoms with E-state index >= 15 is 0 Å². The summed E-state index contributed by atoms with van der Waals surface area (Å²) in [7, 11) is 0. The molecule has 0 aliphatic rings. The number of hydrogen-bond acceptors (Lipinski definition) is 6. The number of ether oxygens (including phenoxy) is 3. The first-order chi connectivity index (χ1) is 33.5. The van der Waals surface area contributed by atoms with Gasteiger partial charge in [-0.3, -0.25) is 14.4 Å². The van der Waals surface area contributed by atoms with E-state index in [-0.39, 0.29) is 37.5 Å². The Morgan fingerprint density at radius 3 is 1.09 bits per heavy atom. The summed E-state index contributed by atoms with van der Waals surface area (Å²) in [5.41, 5.74) is 0. The highest BCUT2D eigenvalue weighted by Crippen LogP contribution is 2.14. The van der Waals surface area contributed by atoms with Gasteiger partial charge >= 0.3 is 17.9 Å². The molecule has 0 spiro atoms. The topological polar surface area (TPSA) is 78.9 Å². The van der Waals surface area contributed by atoms with Crippen molar-refractivity contribution >= 4 is 17.9 Å². The van der Waals surface area contributed by atoms with E-state index in [9.17, 15) is 14.4 Å². The summed E-state index contributed by atoms with van der Waals surface area (Å²) in [5, 5.41) is 0. The number of esters is 3. The van der Waals surface area contributed by atoms with Gasteiger partial charge in [0.25, 0.3) is 0 Å². The Hall–Kier alpha value is -4.45. The first-order valence-corrected chi connectivity index (χ1v) is 27.3. The smallest absolute Gasteiger partial charge is 0.306 e. The standard InChI is InChI=1S/C62H98O6/c1-4-7-10-13-16-19-22-25-27-29-31-33-34-37-40-43-46-49-52-55-61(64)67-58-59(57-66-60(63)54-51-48-45-42-39-36-24-21-18-15-12-9-6-3)68-62(65)56-53-50-47-44-41-38-35-32-30-28-26-23-20-17-14-11-8-5-2/h7,9-10,12,15-21,23-28,30,32,35-36,39,59H,4-6,8,11,13-14,22,29,31,33-34,37-38,40-58H2,1-3H3/b10-7+,12-9+,18-15+,19-16+,20-17+,24-21+,26-23+,27-25+,30-28+,35-32+,39-36+. The van der Waals surface area contributed by atoms with Crippen molar-refractivity contribution in [2.75, 3.05) is 13.2 Å². The van der Waals surface area contributed by atoms with Gasteiger partial charge in [-0.15, -0.1) is 0 Å². The zero-order valence-corrected chi connectivity index (χ0v) is 43.6. The van der Waals surface area contributed by atoms with Crippen LogP contribution in [0.4, 0.5) is 0 Å². The predicted molar refractivity (Wildman–Crippen MR) is 292 cm³/mol. The lowest BCUT2D eigenvalue weighted by atomic mass is 10.1. The van der Waals surface area contributed by atoms with Crippen molar-refractivity contribution < 1.29 is 28.6 Å². The van der Waals surface area contributed by atoms with Gasteiger partial charge in [-0.05, 0) is 96.3 Å². The Balaban J connectivity index is 4.50. The zero-order valence-electron chi connectivity index (χ0n) is 43.6. The molecule has 0 aromatic rings. The monoisotopic (exact) mass is 939 g/mol. The lowest BCUT2D eigenvalue weighted by Crippen LogP contribution is -2.30. The first-order valence-electron chi connectivity index (χ1n) is 27.3. The number of unbranched alkanes of at least 4 members (excludes halogenated alkanes) is 20. The van der Waals surface area contributed by atoms with Crippen molar-refractivity contribution in [3.05, 3.63) is 134 Å². The first kappa shape index (κ1) is 63.5. The maximum absolute atomic E-state index is 12.8. The molecule has 6 nitrogen and oxygen atoms in total. The molecule has 0 amide bonds. The molecule has 0 aromatic heterocycles. The van der Waals surface area contributed by atoms with Gasteiger partial charge < -0.3 is 14.2 Å². The van der Waals surface area contributed by atoms with Crippen LogP contribution in [0.5, 0.6) is 0 Å². The van der Waals surface area contributed by atoms with Crippen LogP contribution in [0, 0.1) is 0 Å². The number of rotatable bonds is 47. The van der Waals surface area contributed by atoms with Crippen molar-refractivity contribution in [3.63, 3.8) is 0 Å². The van der Waals surface area contributed by atoms with E-state index in [1.807, 2.05) is 36.5 Å². The van der Waals surface area contributed by atoms with E-state index in [1.54, 1.807) is 0 Å². The summed E-state index contributed by atoms with van der Waals surface area (Å²) < 4.78 is 16.8. The summed E-state index contributed by atoms with van der Waals surface area (Å²) in [5.74, 6) is -0.984. The highest BCUT2D eigenvalue weighted by atomic mass is 16.6. The summed E-state index contributed by atoms with van der Waals surface area (Å²) in [4.78, 5) is 38.1. The summed E-state index contributed by atoms with van der Waals surface area (Å²) in [6.45, 7) is 6.28. The molecule has 0 bridgehead atoms. The largest absolute Gasteiger partial charge is 0.462 e. The Morgan fingerprint density at radius 2 is 0.647 bits per heavy atom. The van der Waals surface area contributed by atoms with Gasteiger partial charge in [-0.25, -0.2) is 0 Å². The average Bonchev–Trinajstić information content (AvgIpc) is 3.34.